The fourth-order valence-electron chi connectivity index (χ4n) is 4.66. The first kappa shape index (κ1) is 22.1. The number of aryl methyl sites for hydroxylation is 2. The zero-order chi connectivity index (χ0) is 22.3. The molecule has 1 aliphatic carbocycles. The second kappa shape index (κ2) is 10.4. The number of aromatic nitrogens is 1. The molecular weight excluding hydrogens is 402 g/mol. The number of nitrogens with one attached hydrogen (secondary N) is 2. The van der Waals surface area contributed by atoms with Crippen molar-refractivity contribution in [3.05, 3.63) is 70.4 Å². The highest BCUT2D eigenvalue weighted by Gasteiger charge is 2.22. The highest BCUT2D eigenvalue weighted by Crippen LogP contribution is 2.33. The molecular formula is C26H31N3O3. The van der Waals surface area contributed by atoms with Crippen molar-refractivity contribution in [2.24, 2.45) is 0 Å². The lowest BCUT2D eigenvalue weighted by atomic mass is 9.88. The molecule has 1 atom stereocenters. The van der Waals surface area contributed by atoms with Gasteiger partial charge in [0.05, 0.1) is 6.42 Å². The van der Waals surface area contributed by atoms with Crippen LogP contribution in [0.1, 0.15) is 60.4 Å². The minimum Gasteiger partial charge on any atom is -0.481 e. The van der Waals surface area contributed by atoms with E-state index in [1.165, 1.54) is 11.1 Å². The van der Waals surface area contributed by atoms with Gasteiger partial charge in [-0.1, -0.05) is 42.0 Å². The summed E-state index contributed by atoms with van der Waals surface area (Å²) < 4.78 is 0. The van der Waals surface area contributed by atoms with Gasteiger partial charge in [-0.2, -0.15) is 0 Å². The minimum atomic E-state index is -0.791. The van der Waals surface area contributed by atoms with Crippen molar-refractivity contribution in [3.8, 4) is 0 Å². The number of allylic oxidation sites excluding steroid dienone is 1. The maximum atomic E-state index is 12.4. The molecule has 0 saturated heterocycles. The summed E-state index contributed by atoms with van der Waals surface area (Å²) in [6.07, 6.45) is 7.89. The number of carbonyl (C=O) groups excluding carboxylic acids is 1. The fraction of sp³-hybridized carbons (Fsp3) is 0.423. The van der Waals surface area contributed by atoms with Gasteiger partial charge < -0.3 is 15.7 Å². The summed E-state index contributed by atoms with van der Waals surface area (Å²) in [5, 5.41) is 15.7. The van der Waals surface area contributed by atoms with Gasteiger partial charge in [-0.15, -0.1) is 0 Å². The third kappa shape index (κ3) is 5.75. The molecule has 1 aromatic carbocycles. The number of hydrogen-bond donors (Lipinski definition) is 3. The highest BCUT2D eigenvalue weighted by atomic mass is 16.4. The molecule has 6 nitrogen and oxygen atoms in total. The van der Waals surface area contributed by atoms with E-state index in [4.69, 9.17) is 4.98 Å². The molecule has 1 amide bonds. The Morgan fingerprint density at radius 1 is 1.16 bits per heavy atom. The van der Waals surface area contributed by atoms with Crippen LogP contribution < -0.4 is 10.6 Å². The molecule has 0 spiro atoms. The fourth-order valence-corrected chi connectivity index (χ4v) is 4.66. The monoisotopic (exact) mass is 433 g/mol. The van der Waals surface area contributed by atoms with E-state index in [0.717, 1.165) is 61.3 Å². The molecule has 2 aliphatic rings. The lowest BCUT2D eigenvalue weighted by Crippen LogP contribution is -2.26. The first-order valence-corrected chi connectivity index (χ1v) is 11.6. The van der Waals surface area contributed by atoms with Crippen molar-refractivity contribution in [2.45, 2.75) is 57.3 Å². The summed E-state index contributed by atoms with van der Waals surface area (Å²) in [5.74, 6) is 0.174. The quantitative estimate of drug-likeness (QED) is 0.547. The molecule has 1 aliphatic heterocycles. The molecule has 4 rings (SSSR count). The number of carboxylic acids is 1. The number of benzene rings is 1. The number of amides is 1. The molecule has 1 aromatic heterocycles. The van der Waals surface area contributed by atoms with E-state index in [-0.39, 0.29) is 18.2 Å². The van der Waals surface area contributed by atoms with Crippen LogP contribution in [-0.2, 0) is 28.9 Å². The average Bonchev–Trinajstić information content (AvgIpc) is 2.97. The van der Waals surface area contributed by atoms with Crippen LogP contribution in [0.25, 0.3) is 0 Å². The van der Waals surface area contributed by atoms with Gasteiger partial charge in [0.25, 0.3) is 0 Å². The number of fused-ring (bicyclic) bond motifs is 2. The van der Waals surface area contributed by atoms with Gasteiger partial charge in [0.15, 0.2) is 0 Å². The van der Waals surface area contributed by atoms with Gasteiger partial charge >= 0.3 is 5.97 Å². The highest BCUT2D eigenvalue weighted by molar-refractivity contribution is 5.76. The maximum absolute atomic E-state index is 12.4. The van der Waals surface area contributed by atoms with Gasteiger partial charge in [0.1, 0.15) is 5.82 Å². The predicted molar refractivity (Wildman–Crippen MR) is 125 cm³/mol. The standard InChI is InChI=1S/C26H31N3O3/c30-24(9-3-7-22-13-12-20-6-4-14-27-26(20)29-22)28-17-18-10-11-19-5-1-2-8-23(19)21(15-18)16-25(31)32/h1-2,5,8,10,12-13,21H,3-4,6-7,9,11,14-17H2,(H,27,29)(H,28,30)(H,31,32). The molecule has 32 heavy (non-hydrogen) atoms. The number of carboxylic acid groups (broad SMARTS) is 1. The largest absolute Gasteiger partial charge is 0.481 e. The van der Waals surface area contributed by atoms with E-state index in [1.54, 1.807) is 0 Å². The van der Waals surface area contributed by atoms with E-state index < -0.39 is 5.97 Å². The molecule has 0 fully saturated rings. The third-order valence-corrected chi connectivity index (χ3v) is 6.34. The molecule has 2 aromatic rings. The Kier molecular flexibility index (Phi) is 7.20. The second-order valence-corrected chi connectivity index (χ2v) is 8.74. The van der Waals surface area contributed by atoms with E-state index in [9.17, 15) is 14.7 Å². The molecule has 1 unspecified atom stereocenters. The number of aliphatic carboxylic acids is 1. The molecule has 0 saturated carbocycles. The smallest absolute Gasteiger partial charge is 0.303 e. The Morgan fingerprint density at radius 2 is 2.03 bits per heavy atom. The number of anilines is 1. The predicted octanol–water partition coefficient (Wildman–Crippen LogP) is 4.01. The van der Waals surface area contributed by atoms with Crippen LogP contribution in [0.15, 0.2) is 48.0 Å². The maximum Gasteiger partial charge on any atom is 0.303 e. The molecule has 3 N–H and O–H groups in total. The van der Waals surface area contributed by atoms with Gasteiger partial charge in [-0.05, 0) is 67.2 Å². The van der Waals surface area contributed by atoms with Crippen molar-refractivity contribution in [1.82, 2.24) is 10.3 Å². The second-order valence-electron chi connectivity index (χ2n) is 8.74. The van der Waals surface area contributed by atoms with Crippen LogP contribution in [0.2, 0.25) is 0 Å². The molecule has 168 valence electrons. The summed E-state index contributed by atoms with van der Waals surface area (Å²) in [6, 6.07) is 12.3. The number of nitrogens with zero attached hydrogens (tertiary/aromatic N) is 1. The Hall–Kier alpha value is -3.15. The first-order chi connectivity index (χ1) is 15.6. The minimum absolute atomic E-state index is 0.0264. The topological polar surface area (TPSA) is 91.3 Å². The normalized spacial score (nSPS) is 17.2. The summed E-state index contributed by atoms with van der Waals surface area (Å²) in [4.78, 5) is 28.5. The Morgan fingerprint density at radius 3 is 2.91 bits per heavy atom. The van der Waals surface area contributed by atoms with E-state index in [1.807, 2.05) is 18.2 Å². The number of hydrogen-bond acceptors (Lipinski definition) is 4. The summed E-state index contributed by atoms with van der Waals surface area (Å²) in [6.45, 7) is 1.45. The SMILES string of the molecule is O=C(O)CC1CC(CNC(=O)CCCc2ccc3c(n2)NCCC3)=CCc2ccccc21. The Labute approximate surface area is 189 Å². The van der Waals surface area contributed by atoms with Crippen LogP contribution in [0.5, 0.6) is 0 Å². The number of rotatable bonds is 8. The number of carbonyl (C=O) groups is 2. The van der Waals surface area contributed by atoms with Crippen molar-refractivity contribution < 1.29 is 14.7 Å². The van der Waals surface area contributed by atoms with Crippen molar-refractivity contribution >= 4 is 17.7 Å². The van der Waals surface area contributed by atoms with Gasteiger partial charge in [-0.3, -0.25) is 9.59 Å². The van der Waals surface area contributed by atoms with Gasteiger partial charge in [0, 0.05) is 25.2 Å². The van der Waals surface area contributed by atoms with Crippen LogP contribution >= 0.6 is 0 Å². The summed E-state index contributed by atoms with van der Waals surface area (Å²) in [7, 11) is 0. The first-order valence-electron chi connectivity index (χ1n) is 11.6. The van der Waals surface area contributed by atoms with Crippen LogP contribution in [0.4, 0.5) is 5.82 Å². The van der Waals surface area contributed by atoms with Crippen LogP contribution in [0.3, 0.4) is 0 Å². The van der Waals surface area contributed by atoms with E-state index in [0.29, 0.717) is 19.4 Å². The summed E-state index contributed by atoms with van der Waals surface area (Å²) in [5.41, 5.74) is 5.68. The Bertz CT molecular complexity index is 1020. The third-order valence-electron chi connectivity index (χ3n) is 6.34. The van der Waals surface area contributed by atoms with Crippen molar-refractivity contribution in [1.29, 1.82) is 0 Å². The molecule has 6 heteroatoms. The summed E-state index contributed by atoms with van der Waals surface area (Å²) >= 11 is 0. The Balaban J connectivity index is 1.26. The lowest BCUT2D eigenvalue weighted by molar-refractivity contribution is -0.137. The van der Waals surface area contributed by atoms with E-state index >= 15 is 0 Å². The molecule has 0 bridgehead atoms. The van der Waals surface area contributed by atoms with Crippen LogP contribution in [0, 0.1) is 0 Å². The van der Waals surface area contributed by atoms with Crippen molar-refractivity contribution in [3.63, 3.8) is 0 Å². The van der Waals surface area contributed by atoms with Crippen LogP contribution in [-0.4, -0.2) is 35.1 Å². The zero-order valence-electron chi connectivity index (χ0n) is 18.4. The zero-order valence-corrected chi connectivity index (χ0v) is 18.4. The van der Waals surface area contributed by atoms with Gasteiger partial charge in [0.2, 0.25) is 5.91 Å². The number of pyridine rings is 1. The molecule has 0 radical (unpaired) electrons. The van der Waals surface area contributed by atoms with Crippen molar-refractivity contribution in [2.75, 3.05) is 18.4 Å². The van der Waals surface area contributed by atoms with Gasteiger partial charge in [-0.25, -0.2) is 4.98 Å². The molecule has 2 heterocycles. The lowest BCUT2D eigenvalue weighted by Gasteiger charge is -2.18. The average molecular weight is 434 g/mol. The van der Waals surface area contributed by atoms with E-state index in [2.05, 4.69) is 34.9 Å².